The van der Waals surface area contributed by atoms with Crippen LogP contribution in [-0.4, -0.2) is 23.5 Å². The van der Waals surface area contributed by atoms with Gasteiger partial charge in [-0.05, 0) is 24.1 Å². The van der Waals surface area contributed by atoms with Gasteiger partial charge in [0.2, 0.25) is 0 Å². The summed E-state index contributed by atoms with van der Waals surface area (Å²) in [6.45, 7) is 2.99. The van der Waals surface area contributed by atoms with E-state index in [1.165, 1.54) is 116 Å². The summed E-state index contributed by atoms with van der Waals surface area (Å²) in [5, 5.41) is 11.8. The minimum absolute atomic E-state index is 0.0126. The molecule has 0 aromatic heterocycles. The Balaban J connectivity index is 1.80. The predicted molar refractivity (Wildman–Crippen MR) is 148 cm³/mol. The molecule has 1 amide bonds. The lowest BCUT2D eigenvalue weighted by atomic mass is 10.0. The largest absolute Gasteiger partial charge is 0.481 e. The van der Waals surface area contributed by atoms with Gasteiger partial charge < -0.3 is 10.4 Å². The number of carboxylic acids is 1. The lowest BCUT2D eigenvalue weighted by Gasteiger charge is -2.06. The molecule has 1 aromatic rings. The van der Waals surface area contributed by atoms with Gasteiger partial charge in [-0.25, -0.2) is 0 Å². The van der Waals surface area contributed by atoms with E-state index in [0.717, 1.165) is 12.8 Å². The van der Waals surface area contributed by atoms with Gasteiger partial charge in [0, 0.05) is 12.1 Å². The van der Waals surface area contributed by atoms with E-state index in [0.29, 0.717) is 17.7 Å². The highest BCUT2D eigenvalue weighted by atomic mass is 16.4. The fourth-order valence-corrected chi connectivity index (χ4v) is 4.63. The number of aliphatic carboxylic acids is 1. The van der Waals surface area contributed by atoms with Crippen LogP contribution in [0.3, 0.4) is 0 Å². The van der Waals surface area contributed by atoms with Gasteiger partial charge in [0.1, 0.15) is 0 Å². The van der Waals surface area contributed by atoms with Crippen LogP contribution in [0.1, 0.15) is 151 Å². The molecule has 0 atom stereocenters. The summed E-state index contributed by atoms with van der Waals surface area (Å²) in [6.07, 6.45) is 27.4. The van der Waals surface area contributed by atoms with Crippen molar-refractivity contribution in [3.8, 4) is 0 Å². The number of rotatable bonds is 24. The molecule has 0 aliphatic carbocycles. The van der Waals surface area contributed by atoms with Gasteiger partial charge >= 0.3 is 5.97 Å². The van der Waals surface area contributed by atoms with Crippen LogP contribution in [0.4, 0.5) is 0 Å². The van der Waals surface area contributed by atoms with Crippen LogP contribution in [0, 0.1) is 0 Å². The molecule has 0 bridgehead atoms. The summed E-state index contributed by atoms with van der Waals surface area (Å²) in [5.74, 6) is -0.938. The fraction of sp³-hybridized carbons (Fsp3) is 0.742. The second-order valence-electron chi connectivity index (χ2n) is 10.2. The monoisotopic (exact) mass is 487 g/mol. The average Bonchev–Trinajstić information content (AvgIpc) is 2.85. The van der Waals surface area contributed by atoms with Gasteiger partial charge in [-0.15, -0.1) is 0 Å². The minimum atomic E-state index is -0.859. The van der Waals surface area contributed by atoms with Crippen molar-refractivity contribution in [1.82, 2.24) is 5.32 Å². The van der Waals surface area contributed by atoms with E-state index in [1.54, 1.807) is 24.3 Å². The lowest BCUT2D eigenvalue weighted by molar-refractivity contribution is -0.136. The summed E-state index contributed by atoms with van der Waals surface area (Å²) in [6, 6.07) is 6.82. The zero-order chi connectivity index (χ0) is 25.4. The van der Waals surface area contributed by atoms with E-state index in [9.17, 15) is 9.59 Å². The first-order chi connectivity index (χ1) is 17.1. The number of unbranched alkanes of at least 4 members (excludes halogenated alkanes) is 19. The second kappa shape index (κ2) is 22.6. The first-order valence-electron chi connectivity index (χ1n) is 14.7. The highest BCUT2D eigenvalue weighted by molar-refractivity contribution is 5.94. The highest BCUT2D eigenvalue weighted by Crippen LogP contribution is 2.15. The molecule has 0 saturated heterocycles. The summed E-state index contributed by atoms with van der Waals surface area (Å²) < 4.78 is 0. The molecule has 0 heterocycles. The first-order valence-corrected chi connectivity index (χ1v) is 14.7. The molecular formula is C31H53NO3. The van der Waals surface area contributed by atoms with Gasteiger partial charge in [-0.1, -0.05) is 141 Å². The number of carboxylic acid groups (broad SMARTS) is 1. The van der Waals surface area contributed by atoms with Gasteiger partial charge in [-0.2, -0.15) is 0 Å². The molecule has 0 unspecified atom stereocenters. The number of hydrogen-bond acceptors (Lipinski definition) is 2. The van der Waals surface area contributed by atoms with Crippen molar-refractivity contribution < 1.29 is 14.7 Å². The maximum atomic E-state index is 12.2. The van der Waals surface area contributed by atoms with Gasteiger partial charge in [0.25, 0.3) is 5.91 Å². The summed E-state index contributed by atoms with van der Waals surface area (Å²) >= 11 is 0. The van der Waals surface area contributed by atoms with E-state index < -0.39 is 5.97 Å². The Hall–Kier alpha value is -1.84. The number of hydrogen-bond donors (Lipinski definition) is 2. The zero-order valence-electron chi connectivity index (χ0n) is 22.6. The maximum absolute atomic E-state index is 12.2. The number of carbonyl (C=O) groups excluding carboxylic acids is 1. The highest BCUT2D eigenvalue weighted by Gasteiger charge is 2.06. The molecule has 0 fully saturated rings. The molecule has 200 valence electrons. The van der Waals surface area contributed by atoms with Crippen molar-refractivity contribution >= 4 is 11.9 Å². The summed E-state index contributed by atoms with van der Waals surface area (Å²) in [4.78, 5) is 22.9. The summed E-state index contributed by atoms with van der Waals surface area (Å²) in [7, 11) is 0. The maximum Gasteiger partial charge on any atom is 0.307 e. The van der Waals surface area contributed by atoms with E-state index in [-0.39, 0.29) is 12.3 Å². The molecule has 2 N–H and O–H groups in total. The number of amides is 1. The molecule has 0 aliphatic heterocycles. The Labute approximate surface area is 215 Å². The van der Waals surface area contributed by atoms with Crippen LogP contribution in [0.25, 0.3) is 0 Å². The lowest BCUT2D eigenvalue weighted by Crippen LogP contribution is -2.24. The van der Waals surface area contributed by atoms with Gasteiger partial charge in [-0.3, -0.25) is 9.59 Å². The van der Waals surface area contributed by atoms with E-state index in [2.05, 4.69) is 12.2 Å². The van der Waals surface area contributed by atoms with Crippen LogP contribution in [-0.2, 0) is 11.2 Å². The zero-order valence-corrected chi connectivity index (χ0v) is 22.6. The van der Waals surface area contributed by atoms with E-state index >= 15 is 0 Å². The predicted octanol–water partition coefficient (Wildman–Crippen LogP) is 8.87. The van der Waals surface area contributed by atoms with Crippen LogP contribution in [0.15, 0.2) is 24.3 Å². The molecule has 0 spiro atoms. The Morgan fingerprint density at radius 2 is 0.971 bits per heavy atom. The third kappa shape index (κ3) is 19.1. The molecular weight excluding hydrogens is 434 g/mol. The number of carbonyl (C=O) groups is 2. The van der Waals surface area contributed by atoms with Crippen LogP contribution < -0.4 is 5.32 Å². The topological polar surface area (TPSA) is 66.4 Å². The summed E-state index contributed by atoms with van der Waals surface area (Å²) in [5.41, 5.74) is 1.30. The minimum Gasteiger partial charge on any atom is -0.481 e. The Morgan fingerprint density at radius 3 is 1.34 bits per heavy atom. The smallest absolute Gasteiger partial charge is 0.307 e. The van der Waals surface area contributed by atoms with Crippen molar-refractivity contribution in [3.63, 3.8) is 0 Å². The van der Waals surface area contributed by atoms with Crippen LogP contribution in [0.5, 0.6) is 0 Å². The normalized spacial score (nSPS) is 11.0. The third-order valence-corrected chi connectivity index (χ3v) is 6.89. The van der Waals surface area contributed by atoms with E-state index in [4.69, 9.17) is 5.11 Å². The molecule has 4 heteroatoms. The molecule has 0 radical (unpaired) electrons. The number of nitrogens with one attached hydrogen (secondary N) is 1. The Bertz CT molecular complexity index is 641. The quantitative estimate of drug-likeness (QED) is 0.143. The second-order valence-corrected chi connectivity index (χ2v) is 10.2. The van der Waals surface area contributed by atoms with Crippen molar-refractivity contribution in [2.45, 2.75) is 142 Å². The van der Waals surface area contributed by atoms with Gasteiger partial charge in [0.05, 0.1) is 6.42 Å². The van der Waals surface area contributed by atoms with Gasteiger partial charge in [0.15, 0.2) is 0 Å². The average molecular weight is 488 g/mol. The Kier molecular flexibility index (Phi) is 20.2. The molecule has 4 nitrogen and oxygen atoms in total. The van der Waals surface area contributed by atoms with Crippen LogP contribution >= 0.6 is 0 Å². The van der Waals surface area contributed by atoms with Crippen molar-refractivity contribution in [2.24, 2.45) is 0 Å². The number of benzene rings is 1. The molecule has 0 aliphatic rings. The Morgan fingerprint density at radius 1 is 0.600 bits per heavy atom. The molecule has 1 aromatic carbocycles. The molecule has 35 heavy (non-hydrogen) atoms. The SMILES string of the molecule is CCCCCCCCCCCCCCCCCCCCCCNC(=O)c1ccc(CC(=O)O)cc1. The third-order valence-electron chi connectivity index (χ3n) is 6.89. The molecule has 1 rings (SSSR count). The van der Waals surface area contributed by atoms with Crippen molar-refractivity contribution in [3.05, 3.63) is 35.4 Å². The van der Waals surface area contributed by atoms with E-state index in [1.807, 2.05) is 0 Å². The van der Waals surface area contributed by atoms with Crippen LogP contribution in [0.2, 0.25) is 0 Å². The molecule has 0 saturated carbocycles. The fourth-order valence-electron chi connectivity index (χ4n) is 4.63. The van der Waals surface area contributed by atoms with Crippen molar-refractivity contribution in [2.75, 3.05) is 6.54 Å². The van der Waals surface area contributed by atoms with Crippen molar-refractivity contribution in [1.29, 1.82) is 0 Å². The first kappa shape index (κ1) is 31.2. The standard InChI is InChI=1S/C31H53NO3/c1-2-3-4-5-6-7-8-9-10-11-12-13-14-15-16-17-18-19-20-21-26-32-31(35)29-24-22-28(23-25-29)27-30(33)34/h22-25H,2-21,26-27H2,1H3,(H,32,35)(H,33,34).